The molecule has 2 atom stereocenters. The van der Waals surface area contributed by atoms with Gasteiger partial charge in [0.15, 0.2) is 11.5 Å². The number of hydrogen-bond donors (Lipinski definition) is 2. The van der Waals surface area contributed by atoms with Gasteiger partial charge < -0.3 is 10.2 Å². The molecule has 3 heteroatoms. The van der Waals surface area contributed by atoms with E-state index < -0.39 is 0 Å². The van der Waals surface area contributed by atoms with E-state index in [1.54, 1.807) is 6.07 Å². The number of hydrogen-bond acceptors (Lipinski definition) is 3. The number of likely N-dealkylation sites (tertiary alicyclic amines) is 1. The molecule has 1 aliphatic heterocycles. The summed E-state index contributed by atoms with van der Waals surface area (Å²) in [6.07, 6.45) is 4.38. The Morgan fingerprint density at radius 3 is 2.89 bits per heavy atom. The summed E-state index contributed by atoms with van der Waals surface area (Å²) in [5.74, 6) is 0.683. The average molecular weight is 247 g/mol. The Morgan fingerprint density at radius 1 is 1.28 bits per heavy atom. The lowest BCUT2D eigenvalue weighted by Gasteiger charge is -2.33. The van der Waals surface area contributed by atoms with Crippen molar-refractivity contribution < 1.29 is 10.2 Å². The van der Waals surface area contributed by atoms with Gasteiger partial charge in [-0.05, 0) is 50.4 Å². The topological polar surface area (TPSA) is 43.7 Å². The maximum atomic E-state index is 9.97. The molecule has 0 bridgehead atoms. The molecular formula is C15H21NO2. The molecule has 0 aromatic heterocycles. The lowest BCUT2D eigenvalue weighted by molar-refractivity contribution is 0.226. The van der Waals surface area contributed by atoms with Gasteiger partial charge in [-0.1, -0.05) is 13.0 Å². The monoisotopic (exact) mass is 247 g/mol. The van der Waals surface area contributed by atoms with Crippen molar-refractivity contribution in [3.05, 3.63) is 23.3 Å². The van der Waals surface area contributed by atoms with Crippen molar-refractivity contribution in [2.45, 2.75) is 44.6 Å². The summed E-state index contributed by atoms with van der Waals surface area (Å²) in [6, 6.07) is 4.29. The SMILES string of the molecule is CCCN1CCC2c3ccc(O)c(O)c3CC[C@@H]21. The molecule has 1 fully saturated rings. The normalized spacial score (nSPS) is 26.9. The van der Waals surface area contributed by atoms with E-state index >= 15 is 0 Å². The van der Waals surface area contributed by atoms with E-state index in [1.807, 2.05) is 6.07 Å². The largest absolute Gasteiger partial charge is 0.504 e. The molecule has 1 heterocycles. The van der Waals surface area contributed by atoms with Crippen molar-refractivity contribution in [1.29, 1.82) is 0 Å². The van der Waals surface area contributed by atoms with E-state index in [9.17, 15) is 10.2 Å². The molecule has 0 amide bonds. The van der Waals surface area contributed by atoms with Crippen molar-refractivity contribution in [2.75, 3.05) is 13.1 Å². The van der Waals surface area contributed by atoms with E-state index in [1.165, 1.54) is 31.5 Å². The Balaban J connectivity index is 1.94. The molecule has 18 heavy (non-hydrogen) atoms. The van der Waals surface area contributed by atoms with Gasteiger partial charge in [0.25, 0.3) is 0 Å². The minimum atomic E-state index is 0.0237. The third-order valence-corrected chi connectivity index (χ3v) is 4.56. The van der Waals surface area contributed by atoms with Crippen LogP contribution in [0.2, 0.25) is 0 Å². The minimum absolute atomic E-state index is 0.0237. The van der Waals surface area contributed by atoms with Crippen molar-refractivity contribution in [3.8, 4) is 11.5 Å². The van der Waals surface area contributed by atoms with Crippen molar-refractivity contribution in [3.63, 3.8) is 0 Å². The van der Waals surface area contributed by atoms with Crippen LogP contribution in [0.1, 0.15) is 43.2 Å². The smallest absolute Gasteiger partial charge is 0.160 e. The molecule has 1 aromatic carbocycles. The van der Waals surface area contributed by atoms with E-state index in [0.29, 0.717) is 12.0 Å². The Morgan fingerprint density at radius 2 is 2.11 bits per heavy atom. The summed E-state index contributed by atoms with van der Waals surface area (Å²) in [6.45, 7) is 4.58. The molecule has 0 saturated carbocycles. The first-order valence-corrected chi connectivity index (χ1v) is 7.00. The zero-order valence-electron chi connectivity index (χ0n) is 10.9. The second-order valence-corrected chi connectivity index (χ2v) is 5.54. The molecule has 3 rings (SSSR count). The maximum absolute atomic E-state index is 9.97. The summed E-state index contributed by atoms with van der Waals surface area (Å²) >= 11 is 0. The first-order chi connectivity index (χ1) is 8.72. The summed E-state index contributed by atoms with van der Waals surface area (Å²) in [4.78, 5) is 2.59. The van der Waals surface area contributed by atoms with Crippen LogP contribution in [0.5, 0.6) is 11.5 Å². The fraction of sp³-hybridized carbons (Fsp3) is 0.600. The van der Waals surface area contributed by atoms with Crippen LogP contribution in [0, 0.1) is 0 Å². The Hall–Kier alpha value is -1.22. The molecule has 3 nitrogen and oxygen atoms in total. The van der Waals surface area contributed by atoms with E-state index in [2.05, 4.69) is 11.8 Å². The molecule has 1 unspecified atom stereocenters. The molecule has 0 radical (unpaired) electrons. The van der Waals surface area contributed by atoms with Gasteiger partial charge in [-0.25, -0.2) is 0 Å². The first-order valence-electron chi connectivity index (χ1n) is 7.00. The standard InChI is InChI=1S/C15H21NO2/c1-2-8-16-9-7-11-10-4-6-14(17)15(18)12(10)3-5-13(11)16/h4,6,11,13,17-18H,2-3,5,7-9H2,1H3/t11?,13-/m0/s1. The van der Waals surface area contributed by atoms with Crippen molar-refractivity contribution >= 4 is 0 Å². The number of benzene rings is 1. The highest BCUT2D eigenvalue weighted by atomic mass is 16.3. The number of aromatic hydroxyl groups is 2. The number of fused-ring (bicyclic) bond motifs is 3. The molecule has 1 aliphatic carbocycles. The van der Waals surface area contributed by atoms with Gasteiger partial charge in [0, 0.05) is 17.5 Å². The van der Waals surface area contributed by atoms with Crippen LogP contribution in [0.25, 0.3) is 0 Å². The second kappa shape index (κ2) is 4.47. The Labute approximate surface area is 108 Å². The summed E-state index contributed by atoms with van der Waals surface area (Å²) < 4.78 is 0. The maximum Gasteiger partial charge on any atom is 0.160 e. The fourth-order valence-corrected chi connectivity index (χ4v) is 3.77. The number of nitrogens with zero attached hydrogens (tertiary/aromatic N) is 1. The Bertz CT molecular complexity index is 458. The van der Waals surface area contributed by atoms with Crippen LogP contribution in [0.3, 0.4) is 0 Å². The molecular weight excluding hydrogens is 226 g/mol. The summed E-state index contributed by atoms with van der Waals surface area (Å²) in [7, 11) is 0. The van der Waals surface area contributed by atoms with Crippen LogP contribution >= 0.6 is 0 Å². The predicted octanol–water partition coefficient (Wildman–Crippen LogP) is 2.61. The molecule has 1 saturated heterocycles. The second-order valence-electron chi connectivity index (χ2n) is 5.54. The fourth-order valence-electron chi connectivity index (χ4n) is 3.77. The zero-order valence-corrected chi connectivity index (χ0v) is 10.9. The summed E-state index contributed by atoms with van der Waals surface area (Å²) in [5, 5.41) is 19.6. The molecule has 0 spiro atoms. The van der Waals surface area contributed by atoms with Crippen LogP contribution in [0.4, 0.5) is 0 Å². The highest BCUT2D eigenvalue weighted by molar-refractivity contribution is 5.52. The van der Waals surface area contributed by atoms with Gasteiger partial charge in [0.1, 0.15) is 0 Å². The third-order valence-electron chi connectivity index (χ3n) is 4.56. The highest BCUT2D eigenvalue weighted by Crippen LogP contribution is 2.46. The van der Waals surface area contributed by atoms with E-state index in [0.717, 1.165) is 18.4 Å². The quantitative estimate of drug-likeness (QED) is 0.790. The van der Waals surface area contributed by atoms with Crippen LogP contribution in [0.15, 0.2) is 12.1 Å². The van der Waals surface area contributed by atoms with Crippen LogP contribution in [-0.2, 0) is 6.42 Å². The van der Waals surface area contributed by atoms with Crippen molar-refractivity contribution in [2.24, 2.45) is 0 Å². The van der Waals surface area contributed by atoms with Gasteiger partial charge >= 0.3 is 0 Å². The number of phenols is 2. The van der Waals surface area contributed by atoms with E-state index in [4.69, 9.17) is 0 Å². The molecule has 98 valence electrons. The third kappa shape index (κ3) is 1.69. The van der Waals surface area contributed by atoms with Gasteiger partial charge in [-0.3, -0.25) is 4.90 Å². The first kappa shape index (κ1) is 11.8. The number of phenolic OH excluding ortho intramolecular Hbond substituents is 2. The van der Waals surface area contributed by atoms with Crippen LogP contribution < -0.4 is 0 Å². The highest BCUT2D eigenvalue weighted by Gasteiger charge is 2.39. The number of rotatable bonds is 2. The van der Waals surface area contributed by atoms with Crippen LogP contribution in [-0.4, -0.2) is 34.2 Å². The van der Waals surface area contributed by atoms with Crippen molar-refractivity contribution in [1.82, 2.24) is 4.90 Å². The minimum Gasteiger partial charge on any atom is -0.504 e. The van der Waals surface area contributed by atoms with Gasteiger partial charge in [0.05, 0.1) is 0 Å². The van der Waals surface area contributed by atoms with E-state index in [-0.39, 0.29) is 11.5 Å². The molecule has 2 N–H and O–H groups in total. The predicted molar refractivity (Wildman–Crippen MR) is 71.1 cm³/mol. The zero-order chi connectivity index (χ0) is 12.7. The van der Waals surface area contributed by atoms with Gasteiger partial charge in [-0.2, -0.15) is 0 Å². The molecule has 1 aromatic rings. The lowest BCUT2D eigenvalue weighted by Crippen LogP contribution is -2.35. The lowest BCUT2D eigenvalue weighted by atomic mass is 9.79. The molecule has 2 aliphatic rings. The average Bonchev–Trinajstić information content (AvgIpc) is 2.78. The van der Waals surface area contributed by atoms with Gasteiger partial charge in [-0.15, -0.1) is 0 Å². The summed E-state index contributed by atoms with van der Waals surface area (Å²) in [5.41, 5.74) is 2.25. The Kier molecular flexibility index (Phi) is 2.94. The van der Waals surface area contributed by atoms with Gasteiger partial charge in [0.2, 0.25) is 0 Å².